The fourth-order valence-corrected chi connectivity index (χ4v) is 1.42. The van der Waals surface area contributed by atoms with Crippen LogP contribution >= 0.6 is 0 Å². The molecule has 0 aromatic carbocycles. The summed E-state index contributed by atoms with van der Waals surface area (Å²) >= 11 is 0. The molecule has 0 aromatic heterocycles. The van der Waals surface area contributed by atoms with Crippen LogP contribution in [0.4, 0.5) is 0 Å². The molecule has 0 unspecified atom stereocenters. The zero-order chi connectivity index (χ0) is 10.5. The average molecular weight is 196 g/mol. The second-order valence-corrected chi connectivity index (χ2v) is 3.59. The van der Waals surface area contributed by atoms with Crippen molar-refractivity contribution in [1.29, 1.82) is 0 Å². The molecule has 1 nitrogen and oxygen atoms in total. The van der Waals surface area contributed by atoms with Crippen LogP contribution in [-0.2, 0) is 4.74 Å². The van der Waals surface area contributed by atoms with Gasteiger partial charge in [-0.3, -0.25) is 0 Å². The molecular formula is C13H24O. The zero-order valence-electron chi connectivity index (χ0n) is 9.50. The summed E-state index contributed by atoms with van der Waals surface area (Å²) in [5.41, 5.74) is 0. The number of hydrogen-bond acceptors (Lipinski definition) is 1. The van der Waals surface area contributed by atoms with Gasteiger partial charge in [-0.1, -0.05) is 31.8 Å². The summed E-state index contributed by atoms with van der Waals surface area (Å²) < 4.78 is 4.82. The van der Waals surface area contributed by atoms with Gasteiger partial charge in [0.1, 0.15) is 0 Å². The van der Waals surface area contributed by atoms with Gasteiger partial charge in [-0.15, -0.1) is 6.58 Å². The third kappa shape index (κ3) is 11.3. The Balaban J connectivity index is 2.91. The van der Waals surface area contributed by atoms with Gasteiger partial charge in [-0.05, 0) is 31.8 Å². The van der Waals surface area contributed by atoms with Crippen molar-refractivity contribution in [2.24, 2.45) is 0 Å². The molecular weight excluding hydrogens is 172 g/mol. The highest BCUT2D eigenvalue weighted by atomic mass is 16.5. The van der Waals surface area contributed by atoms with E-state index in [0.717, 1.165) is 6.42 Å². The molecule has 14 heavy (non-hydrogen) atoms. The molecule has 0 saturated carbocycles. The van der Waals surface area contributed by atoms with E-state index in [1.54, 1.807) is 13.4 Å². The predicted octanol–water partition coefficient (Wildman–Crippen LogP) is 4.45. The molecule has 0 aliphatic heterocycles. The van der Waals surface area contributed by atoms with Crippen LogP contribution in [0.3, 0.4) is 0 Å². The van der Waals surface area contributed by atoms with Crippen LogP contribution in [0.25, 0.3) is 0 Å². The summed E-state index contributed by atoms with van der Waals surface area (Å²) in [5, 5.41) is 0. The highest BCUT2D eigenvalue weighted by Crippen LogP contribution is 2.08. The van der Waals surface area contributed by atoms with Gasteiger partial charge >= 0.3 is 0 Å². The van der Waals surface area contributed by atoms with E-state index < -0.39 is 0 Å². The standard InChI is InChI=1S/C13H24O/c1-3-4-5-6-7-8-9-10-11-12-13-14-2/h3,12-13H,1,4-11H2,2H3/b13-12+. The molecule has 0 bridgehead atoms. The van der Waals surface area contributed by atoms with Crippen molar-refractivity contribution >= 4 is 0 Å². The van der Waals surface area contributed by atoms with Crippen LogP contribution in [0.5, 0.6) is 0 Å². The molecule has 0 rings (SSSR count). The van der Waals surface area contributed by atoms with Crippen LogP contribution in [0.1, 0.15) is 51.4 Å². The molecule has 0 aliphatic carbocycles. The van der Waals surface area contributed by atoms with Crippen molar-refractivity contribution in [3.05, 3.63) is 25.0 Å². The van der Waals surface area contributed by atoms with E-state index in [1.807, 2.05) is 6.08 Å². The normalized spacial score (nSPS) is 10.6. The van der Waals surface area contributed by atoms with Gasteiger partial charge in [-0.2, -0.15) is 0 Å². The van der Waals surface area contributed by atoms with Crippen molar-refractivity contribution in [2.45, 2.75) is 51.4 Å². The molecule has 0 spiro atoms. The number of hydrogen-bond donors (Lipinski definition) is 0. The van der Waals surface area contributed by atoms with Crippen molar-refractivity contribution < 1.29 is 4.74 Å². The number of rotatable bonds is 10. The third-order valence-corrected chi connectivity index (χ3v) is 2.26. The first-order valence-electron chi connectivity index (χ1n) is 5.70. The topological polar surface area (TPSA) is 9.23 Å². The summed E-state index contributed by atoms with van der Waals surface area (Å²) in [7, 11) is 1.69. The maximum absolute atomic E-state index is 4.82. The lowest BCUT2D eigenvalue weighted by molar-refractivity contribution is 0.336. The molecule has 0 radical (unpaired) electrons. The third-order valence-electron chi connectivity index (χ3n) is 2.26. The fraction of sp³-hybridized carbons (Fsp3) is 0.692. The van der Waals surface area contributed by atoms with Gasteiger partial charge in [0.2, 0.25) is 0 Å². The molecule has 0 N–H and O–H groups in total. The molecule has 0 saturated heterocycles. The molecule has 0 atom stereocenters. The van der Waals surface area contributed by atoms with E-state index in [9.17, 15) is 0 Å². The highest BCUT2D eigenvalue weighted by Gasteiger charge is 1.89. The SMILES string of the molecule is C=CCCCCCCCC/C=C/OC. The lowest BCUT2D eigenvalue weighted by Gasteiger charge is -1.98. The quantitative estimate of drug-likeness (QED) is 0.285. The van der Waals surface area contributed by atoms with E-state index >= 15 is 0 Å². The Morgan fingerprint density at radius 3 is 2.07 bits per heavy atom. The van der Waals surface area contributed by atoms with Crippen molar-refractivity contribution in [3.8, 4) is 0 Å². The molecule has 0 aromatic rings. The van der Waals surface area contributed by atoms with E-state index in [0.29, 0.717) is 0 Å². The van der Waals surface area contributed by atoms with Gasteiger partial charge < -0.3 is 4.74 Å². The van der Waals surface area contributed by atoms with E-state index in [4.69, 9.17) is 4.74 Å². The van der Waals surface area contributed by atoms with Gasteiger partial charge in [0.25, 0.3) is 0 Å². The zero-order valence-corrected chi connectivity index (χ0v) is 9.50. The van der Waals surface area contributed by atoms with Crippen LogP contribution in [0.15, 0.2) is 25.0 Å². The Morgan fingerprint density at radius 1 is 0.929 bits per heavy atom. The second-order valence-electron chi connectivity index (χ2n) is 3.59. The minimum absolute atomic E-state index is 1.15. The summed E-state index contributed by atoms with van der Waals surface area (Å²) in [4.78, 5) is 0. The average Bonchev–Trinajstić information content (AvgIpc) is 2.21. The lowest BCUT2D eigenvalue weighted by atomic mass is 10.1. The van der Waals surface area contributed by atoms with Crippen LogP contribution in [0, 0.1) is 0 Å². The van der Waals surface area contributed by atoms with Gasteiger partial charge in [0, 0.05) is 0 Å². The number of methoxy groups -OCH3 is 1. The van der Waals surface area contributed by atoms with Crippen molar-refractivity contribution in [2.75, 3.05) is 7.11 Å². The van der Waals surface area contributed by atoms with Crippen molar-refractivity contribution in [3.63, 3.8) is 0 Å². The smallest absolute Gasteiger partial charge is 0.0784 e. The summed E-state index contributed by atoms with van der Waals surface area (Å²) in [6.45, 7) is 3.72. The molecule has 0 aliphatic rings. The summed E-state index contributed by atoms with van der Waals surface area (Å²) in [5.74, 6) is 0. The van der Waals surface area contributed by atoms with Crippen LogP contribution < -0.4 is 0 Å². The molecule has 1 heteroatoms. The lowest BCUT2D eigenvalue weighted by Crippen LogP contribution is -1.79. The Morgan fingerprint density at radius 2 is 1.50 bits per heavy atom. The van der Waals surface area contributed by atoms with Crippen LogP contribution in [-0.4, -0.2) is 7.11 Å². The van der Waals surface area contributed by atoms with E-state index in [1.165, 1.54) is 44.9 Å². The first kappa shape index (κ1) is 13.3. The minimum atomic E-state index is 1.15. The van der Waals surface area contributed by atoms with E-state index in [2.05, 4.69) is 12.7 Å². The maximum Gasteiger partial charge on any atom is 0.0784 e. The summed E-state index contributed by atoms with van der Waals surface area (Å²) in [6.07, 6.45) is 16.3. The Bertz CT molecular complexity index is 138. The van der Waals surface area contributed by atoms with Gasteiger partial charge in [0.15, 0.2) is 0 Å². The molecule has 0 heterocycles. The molecule has 82 valence electrons. The van der Waals surface area contributed by atoms with Gasteiger partial charge in [-0.25, -0.2) is 0 Å². The van der Waals surface area contributed by atoms with Gasteiger partial charge in [0.05, 0.1) is 13.4 Å². The maximum atomic E-state index is 4.82. The first-order valence-corrected chi connectivity index (χ1v) is 5.70. The Hall–Kier alpha value is -0.720. The van der Waals surface area contributed by atoms with E-state index in [-0.39, 0.29) is 0 Å². The predicted molar refractivity (Wildman–Crippen MR) is 63.3 cm³/mol. The number of allylic oxidation sites excluding steroid dienone is 2. The second kappa shape index (κ2) is 12.3. The Labute approximate surface area is 88.9 Å². The minimum Gasteiger partial charge on any atom is -0.505 e. The van der Waals surface area contributed by atoms with Crippen molar-refractivity contribution in [1.82, 2.24) is 0 Å². The summed E-state index contributed by atoms with van der Waals surface area (Å²) in [6, 6.07) is 0. The highest BCUT2D eigenvalue weighted by molar-refractivity contribution is 4.72. The van der Waals surface area contributed by atoms with Crippen LogP contribution in [0.2, 0.25) is 0 Å². The number of ether oxygens (including phenoxy) is 1. The monoisotopic (exact) mass is 196 g/mol. The number of unbranched alkanes of at least 4 members (excludes halogenated alkanes) is 7. The Kier molecular flexibility index (Phi) is 11.6. The molecule has 0 fully saturated rings. The molecule has 0 amide bonds. The first-order chi connectivity index (χ1) is 6.91. The fourth-order valence-electron chi connectivity index (χ4n) is 1.42. The largest absolute Gasteiger partial charge is 0.505 e.